The highest BCUT2D eigenvalue weighted by molar-refractivity contribution is 7.89. The summed E-state index contributed by atoms with van der Waals surface area (Å²) < 4.78 is 52.5. The normalized spacial score (nSPS) is 22.4. The Morgan fingerprint density at radius 2 is 1.89 bits per heavy atom. The third kappa shape index (κ3) is 7.55. The van der Waals surface area contributed by atoms with Crippen molar-refractivity contribution < 1.29 is 42.4 Å². The number of rotatable bonds is 15. The van der Waals surface area contributed by atoms with E-state index in [2.05, 4.69) is 0 Å². The van der Waals surface area contributed by atoms with Crippen LogP contribution in [0, 0.1) is 11.3 Å². The van der Waals surface area contributed by atoms with E-state index in [1.807, 2.05) is 44.2 Å². The lowest BCUT2D eigenvalue weighted by atomic mass is 9.87. The van der Waals surface area contributed by atoms with Crippen LogP contribution in [0.4, 0.5) is 4.79 Å². The highest BCUT2D eigenvalue weighted by Gasteiger charge is 2.48. The minimum absolute atomic E-state index is 0.0654. The fourth-order valence-corrected chi connectivity index (χ4v) is 8.44. The number of nitrogens with zero attached hydrogens (tertiary/aromatic N) is 2. The maximum atomic E-state index is 14.4. The van der Waals surface area contributed by atoms with E-state index in [0.29, 0.717) is 31.7 Å². The van der Waals surface area contributed by atoms with Gasteiger partial charge in [0.25, 0.3) is 0 Å². The standard InChI is InChI=1S/C32H45N3O9S/c1-32(2,14-6-7-15-33)20-34(45(39,40)28-12-8-11-27-29(28)44-21-43-27)18-26(36)24(17-22-9-4-3-5-10-22)35(31(37)38)25-19-42-30-23(25)13-16-41-30/h3-5,8-12,23-26,30,36H,6-7,13-21,33H2,1-2H3,(H,37,38)/p-1/t23-,24-,25-,26+,30+/m0/s1. The van der Waals surface area contributed by atoms with Crippen LogP contribution in [0.25, 0.3) is 0 Å². The third-order valence-electron chi connectivity index (χ3n) is 8.95. The summed E-state index contributed by atoms with van der Waals surface area (Å²) in [5.74, 6) is 0.211. The zero-order valence-corrected chi connectivity index (χ0v) is 26.7. The fraction of sp³-hybridized carbons (Fsp3) is 0.594. The minimum Gasteiger partial charge on any atom is -0.530 e. The molecule has 0 saturated carbocycles. The predicted molar refractivity (Wildman–Crippen MR) is 163 cm³/mol. The molecular formula is C32H44N3O9S-. The number of carbonyl (C=O) groups is 1. The van der Waals surface area contributed by atoms with Crippen molar-refractivity contribution in [2.45, 2.75) is 75.3 Å². The van der Waals surface area contributed by atoms with Gasteiger partial charge in [0, 0.05) is 19.0 Å². The highest BCUT2D eigenvalue weighted by atomic mass is 32.2. The van der Waals surface area contributed by atoms with E-state index >= 15 is 0 Å². The average molecular weight is 647 g/mol. The molecular weight excluding hydrogens is 602 g/mol. The summed E-state index contributed by atoms with van der Waals surface area (Å²) in [6, 6.07) is 12.2. The van der Waals surface area contributed by atoms with E-state index in [-0.39, 0.29) is 49.5 Å². The number of nitrogens with two attached hydrogens (primary N) is 1. The van der Waals surface area contributed by atoms with Crippen molar-refractivity contribution in [1.29, 1.82) is 0 Å². The number of unbranched alkanes of at least 4 members (excludes halogenated alkanes) is 1. The Bertz CT molecular complexity index is 1410. The van der Waals surface area contributed by atoms with Gasteiger partial charge in [0.1, 0.15) is 11.0 Å². The van der Waals surface area contributed by atoms with Crippen LogP contribution in [0.5, 0.6) is 11.5 Å². The Labute approximate surface area is 265 Å². The lowest BCUT2D eigenvalue weighted by Gasteiger charge is -2.43. The molecule has 3 aliphatic rings. The molecule has 0 spiro atoms. The number of amides is 1. The molecule has 3 aliphatic heterocycles. The lowest BCUT2D eigenvalue weighted by Crippen LogP contribution is -2.61. The van der Waals surface area contributed by atoms with Crippen LogP contribution in [-0.4, -0.2) is 92.9 Å². The third-order valence-corrected chi connectivity index (χ3v) is 10.8. The first-order valence-corrected chi connectivity index (χ1v) is 17.0. The molecule has 3 heterocycles. The molecule has 0 unspecified atom stereocenters. The number of benzene rings is 2. The monoisotopic (exact) mass is 646 g/mol. The summed E-state index contributed by atoms with van der Waals surface area (Å²) in [7, 11) is -4.25. The molecule has 5 atom stereocenters. The van der Waals surface area contributed by atoms with Crippen molar-refractivity contribution in [2.24, 2.45) is 17.1 Å². The molecule has 248 valence electrons. The number of hydrogen-bond donors (Lipinski definition) is 2. The molecule has 2 aromatic rings. The molecule has 1 amide bonds. The van der Waals surface area contributed by atoms with Crippen molar-refractivity contribution in [3.8, 4) is 11.5 Å². The molecule has 2 saturated heterocycles. The summed E-state index contributed by atoms with van der Waals surface area (Å²) in [4.78, 5) is 13.9. The summed E-state index contributed by atoms with van der Waals surface area (Å²) >= 11 is 0. The van der Waals surface area contributed by atoms with Crippen LogP contribution in [0.1, 0.15) is 45.1 Å². The van der Waals surface area contributed by atoms with Crippen LogP contribution < -0.4 is 20.3 Å². The smallest absolute Gasteiger partial charge is 0.247 e. The number of fused-ring (bicyclic) bond motifs is 2. The molecule has 0 radical (unpaired) electrons. The molecule has 13 heteroatoms. The van der Waals surface area contributed by atoms with Gasteiger partial charge in [0.2, 0.25) is 16.8 Å². The number of sulfonamides is 1. The van der Waals surface area contributed by atoms with Crippen LogP contribution in [0.2, 0.25) is 0 Å². The number of carboxylic acid groups (broad SMARTS) is 1. The molecule has 12 nitrogen and oxygen atoms in total. The quantitative estimate of drug-likeness (QED) is 0.273. The molecule has 3 N–H and O–H groups in total. The first-order chi connectivity index (χ1) is 21.5. The van der Waals surface area contributed by atoms with Crippen molar-refractivity contribution in [3.05, 3.63) is 54.1 Å². The lowest BCUT2D eigenvalue weighted by molar-refractivity contribution is -0.273. The van der Waals surface area contributed by atoms with E-state index in [4.69, 9.17) is 24.7 Å². The Morgan fingerprint density at radius 3 is 2.62 bits per heavy atom. The molecule has 5 rings (SSSR count). The van der Waals surface area contributed by atoms with Crippen LogP contribution >= 0.6 is 0 Å². The molecule has 45 heavy (non-hydrogen) atoms. The number of para-hydroxylation sites is 1. The Balaban J connectivity index is 1.50. The topological polar surface area (TPSA) is 164 Å². The van der Waals surface area contributed by atoms with Gasteiger partial charge in [-0.1, -0.05) is 56.7 Å². The number of aliphatic hydroxyl groups excluding tert-OH is 1. The summed E-state index contributed by atoms with van der Waals surface area (Å²) in [6.45, 7) is 4.59. The second-order valence-electron chi connectivity index (χ2n) is 12.8. The van der Waals surface area contributed by atoms with Crippen molar-refractivity contribution in [2.75, 3.05) is 39.6 Å². The number of ether oxygens (including phenoxy) is 4. The fourth-order valence-electron chi connectivity index (χ4n) is 6.65. The zero-order chi connectivity index (χ0) is 32.2. The second-order valence-corrected chi connectivity index (χ2v) is 14.7. The first kappa shape index (κ1) is 33.4. The van der Waals surface area contributed by atoms with Gasteiger partial charge in [-0.05, 0) is 55.3 Å². The van der Waals surface area contributed by atoms with Gasteiger partial charge in [-0.3, -0.25) is 0 Å². The van der Waals surface area contributed by atoms with Crippen LogP contribution in [-0.2, 0) is 25.9 Å². The maximum Gasteiger partial charge on any atom is 0.247 e. The zero-order valence-electron chi connectivity index (χ0n) is 25.9. The molecule has 0 bridgehead atoms. The Morgan fingerprint density at radius 1 is 1.11 bits per heavy atom. The van der Waals surface area contributed by atoms with Crippen LogP contribution in [0.3, 0.4) is 0 Å². The van der Waals surface area contributed by atoms with Gasteiger partial charge < -0.3 is 44.6 Å². The van der Waals surface area contributed by atoms with Gasteiger partial charge in [0.15, 0.2) is 17.8 Å². The van der Waals surface area contributed by atoms with Gasteiger partial charge in [-0.15, -0.1) is 0 Å². The van der Waals surface area contributed by atoms with Crippen molar-refractivity contribution in [3.63, 3.8) is 0 Å². The van der Waals surface area contributed by atoms with E-state index in [1.54, 1.807) is 12.1 Å². The van der Waals surface area contributed by atoms with E-state index in [9.17, 15) is 23.4 Å². The second kappa shape index (κ2) is 14.2. The number of carbonyl (C=O) groups excluding carboxylic acids is 1. The molecule has 0 aromatic heterocycles. The van der Waals surface area contributed by atoms with E-state index in [0.717, 1.165) is 23.3 Å². The number of hydrogen-bond acceptors (Lipinski definition) is 10. The SMILES string of the molecule is CC(C)(CCCCN)CN(C[C@@H](O)[C@H](Cc1ccccc1)N(C(=O)[O-])[C@H]1CO[C@H]2OCC[C@H]21)S(=O)(=O)c1cccc2c1OCO2. The first-order valence-electron chi connectivity index (χ1n) is 15.5. The van der Waals surface area contributed by atoms with Gasteiger partial charge in [-0.2, -0.15) is 4.31 Å². The summed E-state index contributed by atoms with van der Waals surface area (Å²) in [5, 5.41) is 24.8. The molecule has 0 aliphatic carbocycles. The van der Waals surface area contributed by atoms with E-state index in [1.165, 1.54) is 10.4 Å². The predicted octanol–water partition coefficient (Wildman–Crippen LogP) is 1.94. The number of aliphatic hydroxyl groups is 1. The molecule has 2 fully saturated rings. The minimum atomic E-state index is -4.25. The van der Waals surface area contributed by atoms with Gasteiger partial charge >= 0.3 is 0 Å². The molecule has 2 aromatic carbocycles. The Hall–Kier alpha value is -2.94. The van der Waals surface area contributed by atoms with E-state index < -0.39 is 46.0 Å². The van der Waals surface area contributed by atoms with Gasteiger partial charge in [0.05, 0.1) is 31.4 Å². The van der Waals surface area contributed by atoms with Crippen molar-refractivity contribution >= 4 is 16.1 Å². The maximum absolute atomic E-state index is 14.4. The summed E-state index contributed by atoms with van der Waals surface area (Å²) in [6.07, 6.45) is -0.376. The average Bonchev–Trinajstić information content (AvgIpc) is 3.75. The summed E-state index contributed by atoms with van der Waals surface area (Å²) in [5.41, 5.74) is 6.01. The highest BCUT2D eigenvalue weighted by Crippen LogP contribution is 2.41. The largest absolute Gasteiger partial charge is 0.530 e. The van der Waals surface area contributed by atoms with Crippen molar-refractivity contribution in [1.82, 2.24) is 9.21 Å². The van der Waals surface area contributed by atoms with Crippen LogP contribution in [0.15, 0.2) is 53.4 Å². The van der Waals surface area contributed by atoms with Gasteiger partial charge in [-0.25, -0.2) is 8.42 Å². The Kier molecular flexibility index (Phi) is 10.6.